The minimum Gasteiger partial charge on any atom is -0.493 e. The average Bonchev–Trinajstić information content (AvgIpc) is 2.37. The highest BCUT2D eigenvalue weighted by molar-refractivity contribution is 5.97. The molecule has 4 nitrogen and oxygen atoms in total. The molecule has 0 heterocycles. The molecule has 0 aliphatic carbocycles. The quantitative estimate of drug-likeness (QED) is 0.715. The summed E-state index contributed by atoms with van der Waals surface area (Å²) < 4.78 is 15.9. The molecule has 0 radical (unpaired) electrons. The monoisotopic (exact) mass is 238 g/mol. The lowest BCUT2D eigenvalue weighted by atomic mass is 10.1. The van der Waals surface area contributed by atoms with Crippen LogP contribution >= 0.6 is 0 Å². The third kappa shape index (κ3) is 2.90. The van der Waals surface area contributed by atoms with Gasteiger partial charge in [0.25, 0.3) is 0 Å². The summed E-state index contributed by atoms with van der Waals surface area (Å²) >= 11 is 0. The van der Waals surface area contributed by atoms with Crippen LogP contribution in [0, 0.1) is 0 Å². The summed E-state index contributed by atoms with van der Waals surface area (Å²) in [5.74, 6) is 1.61. The van der Waals surface area contributed by atoms with Gasteiger partial charge < -0.3 is 14.2 Å². The fourth-order valence-electron chi connectivity index (χ4n) is 1.56. The molecule has 0 saturated carbocycles. The first-order chi connectivity index (χ1) is 8.17. The first kappa shape index (κ1) is 13.4. The Bertz CT molecular complexity index is 399. The number of hydrogen-bond acceptors (Lipinski definition) is 4. The molecule has 0 fully saturated rings. The molecule has 0 bridgehead atoms. The summed E-state index contributed by atoms with van der Waals surface area (Å²) in [6, 6.07) is 3.36. The third-order valence-corrected chi connectivity index (χ3v) is 2.39. The highest BCUT2D eigenvalue weighted by Crippen LogP contribution is 2.38. The zero-order valence-corrected chi connectivity index (χ0v) is 10.7. The highest BCUT2D eigenvalue weighted by Gasteiger charge is 2.16. The molecule has 4 heteroatoms. The van der Waals surface area contributed by atoms with Gasteiger partial charge in [0.05, 0.1) is 20.8 Å². The fourth-order valence-corrected chi connectivity index (χ4v) is 1.56. The molecule has 0 spiro atoms. The molecular weight excluding hydrogens is 220 g/mol. The number of methoxy groups -OCH3 is 2. The molecule has 1 aromatic carbocycles. The number of carbonyl (C=O) groups excluding carboxylic acids is 1. The van der Waals surface area contributed by atoms with Crippen molar-refractivity contribution in [3.05, 3.63) is 17.7 Å². The zero-order valence-electron chi connectivity index (χ0n) is 10.7. The van der Waals surface area contributed by atoms with E-state index in [4.69, 9.17) is 14.2 Å². The van der Waals surface area contributed by atoms with E-state index in [9.17, 15) is 4.79 Å². The van der Waals surface area contributed by atoms with E-state index >= 15 is 0 Å². The average molecular weight is 238 g/mol. The maximum atomic E-state index is 11.7. The second-order valence-electron chi connectivity index (χ2n) is 3.42. The number of carbonyl (C=O) groups is 1. The number of hydrogen-bond donors (Lipinski definition) is 0. The van der Waals surface area contributed by atoms with Crippen LogP contribution in [-0.4, -0.2) is 26.6 Å². The molecule has 0 amide bonds. The van der Waals surface area contributed by atoms with Gasteiger partial charge >= 0.3 is 0 Å². The number of ether oxygens (including phenoxy) is 3. The van der Waals surface area contributed by atoms with E-state index in [1.54, 1.807) is 19.2 Å². The molecule has 17 heavy (non-hydrogen) atoms. The fraction of sp³-hybridized carbons (Fsp3) is 0.462. The first-order valence-corrected chi connectivity index (χ1v) is 5.59. The number of rotatable bonds is 6. The van der Waals surface area contributed by atoms with Crippen molar-refractivity contribution in [2.45, 2.75) is 20.3 Å². The van der Waals surface area contributed by atoms with E-state index in [-0.39, 0.29) is 5.78 Å². The number of Topliss-reactive ketones (excluding diaryl/α,β-unsaturated/α-hetero) is 1. The van der Waals surface area contributed by atoms with E-state index in [1.807, 2.05) is 13.8 Å². The topological polar surface area (TPSA) is 44.8 Å². The van der Waals surface area contributed by atoms with Crippen LogP contribution in [0.1, 0.15) is 30.6 Å². The molecular formula is C13H18O4. The third-order valence-electron chi connectivity index (χ3n) is 2.39. The zero-order chi connectivity index (χ0) is 12.8. The lowest BCUT2D eigenvalue weighted by molar-refractivity contribution is 0.0987. The smallest absolute Gasteiger partial charge is 0.203 e. The number of ketones is 1. The Labute approximate surface area is 101 Å². The summed E-state index contributed by atoms with van der Waals surface area (Å²) in [4.78, 5) is 11.7. The van der Waals surface area contributed by atoms with E-state index in [1.165, 1.54) is 7.11 Å². The second kappa shape index (κ2) is 6.13. The Hall–Kier alpha value is -1.71. The molecule has 0 atom stereocenters. The van der Waals surface area contributed by atoms with Crippen LogP contribution in [0.3, 0.4) is 0 Å². The summed E-state index contributed by atoms with van der Waals surface area (Å²) in [6.45, 7) is 4.20. The van der Waals surface area contributed by atoms with Gasteiger partial charge in [-0.15, -0.1) is 0 Å². The van der Waals surface area contributed by atoms with Crippen molar-refractivity contribution in [2.24, 2.45) is 0 Å². The van der Waals surface area contributed by atoms with Crippen molar-refractivity contribution < 1.29 is 19.0 Å². The largest absolute Gasteiger partial charge is 0.493 e. The number of benzene rings is 1. The van der Waals surface area contributed by atoms with Crippen molar-refractivity contribution >= 4 is 5.78 Å². The van der Waals surface area contributed by atoms with E-state index < -0.39 is 0 Å². The van der Waals surface area contributed by atoms with Crippen LogP contribution in [-0.2, 0) is 0 Å². The van der Waals surface area contributed by atoms with Crippen molar-refractivity contribution in [1.29, 1.82) is 0 Å². The molecule has 94 valence electrons. The van der Waals surface area contributed by atoms with Crippen LogP contribution in [0.15, 0.2) is 12.1 Å². The SMILES string of the molecule is CCOc1cc(C(=O)CC)cc(OC)c1OC. The van der Waals surface area contributed by atoms with Gasteiger partial charge in [0.1, 0.15) is 0 Å². The van der Waals surface area contributed by atoms with Crippen LogP contribution in [0.4, 0.5) is 0 Å². The van der Waals surface area contributed by atoms with Crippen molar-refractivity contribution in [3.63, 3.8) is 0 Å². The highest BCUT2D eigenvalue weighted by atomic mass is 16.5. The van der Waals surface area contributed by atoms with Gasteiger partial charge in [-0.25, -0.2) is 0 Å². The predicted octanol–water partition coefficient (Wildman–Crippen LogP) is 2.70. The van der Waals surface area contributed by atoms with E-state index in [2.05, 4.69) is 0 Å². The summed E-state index contributed by atoms with van der Waals surface area (Å²) in [6.07, 6.45) is 0.445. The van der Waals surface area contributed by atoms with Gasteiger partial charge in [0, 0.05) is 12.0 Å². The standard InChI is InChI=1S/C13H18O4/c1-5-10(14)9-7-11(15-3)13(16-4)12(8-9)17-6-2/h7-8H,5-6H2,1-4H3. The van der Waals surface area contributed by atoms with Crippen LogP contribution < -0.4 is 14.2 Å². The van der Waals surface area contributed by atoms with Crippen LogP contribution in [0.25, 0.3) is 0 Å². The maximum absolute atomic E-state index is 11.7. The summed E-state index contributed by atoms with van der Waals surface area (Å²) in [5.41, 5.74) is 0.577. The van der Waals surface area contributed by atoms with Crippen molar-refractivity contribution in [3.8, 4) is 17.2 Å². The van der Waals surface area contributed by atoms with Gasteiger partial charge in [-0.1, -0.05) is 6.92 Å². The summed E-state index contributed by atoms with van der Waals surface area (Å²) in [5, 5.41) is 0. The minimum absolute atomic E-state index is 0.0481. The Morgan fingerprint density at radius 1 is 1.12 bits per heavy atom. The van der Waals surface area contributed by atoms with Crippen molar-refractivity contribution in [2.75, 3.05) is 20.8 Å². The molecule has 0 N–H and O–H groups in total. The molecule has 1 aromatic rings. The summed E-state index contributed by atoms with van der Waals surface area (Å²) in [7, 11) is 3.08. The Balaban J connectivity index is 3.28. The molecule has 0 aliphatic heterocycles. The van der Waals surface area contributed by atoms with Gasteiger partial charge in [0.2, 0.25) is 5.75 Å². The second-order valence-corrected chi connectivity index (χ2v) is 3.42. The predicted molar refractivity (Wildman–Crippen MR) is 65.3 cm³/mol. The van der Waals surface area contributed by atoms with Gasteiger partial charge in [-0.2, -0.15) is 0 Å². The van der Waals surface area contributed by atoms with Gasteiger partial charge in [0.15, 0.2) is 17.3 Å². The molecule has 0 aliphatic rings. The van der Waals surface area contributed by atoms with Crippen LogP contribution in [0.5, 0.6) is 17.2 Å². The molecule has 0 saturated heterocycles. The van der Waals surface area contributed by atoms with E-state index in [0.29, 0.717) is 35.8 Å². The molecule has 0 aromatic heterocycles. The lowest BCUT2D eigenvalue weighted by Gasteiger charge is -2.14. The Morgan fingerprint density at radius 3 is 2.24 bits per heavy atom. The van der Waals surface area contributed by atoms with Gasteiger partial charge in [-0.3, -0.25) is 4.79 Å². The normalized spacial score (nSPS) is 9.88. The maximum Gasteiger partial charge on any atom is 0.203 e. The first-order valence-electron chi connectivity index (χ1n) is 5.59. The van der Waals surface area contributed by atoms with Crippen LogP contribution in [0.2, 0.25) is 0 Å². The van der Waals surface area contributed by atoms with Gasteiger partial charge in [-0.05, 0) is 19.1 Å². The minimum atomic E-state index is 0.0481. The Morgan fingerprint density at radius 2 is 1.76 bits per heavy atom. The lowest BCUT2D eigenvalue weighted by Crippen LogP contribution is -2.03. The Kier molecular flexibility index (Phi) is 4.82. The molecule has 0 unspecified atom stereocenters. The van der Waals surface area contributed by atoms with E-state index in [0.717, 1.165) is 0 Å². The van der Waals surface area contributed by atoms with Crippen molar-refractivity contribution in [1.82, 2.24) is 0 Å². The molecule has 1 rings (SSSR count).